The third kappa shape index (κ3) is 5.46. The normalized spacial score (nSPS) is 10.0. The molecule has 8 heteroatoms. The highest BCUT2D eigenvalue weighted by molar-refractivity contribution is 6.01. The first kappa shape index (κ1) is 19.8. The lowest BCUT2D eigenvalue weighted by Crippen LogP contribution is -2.28. The van der Waals surface area contributed by atoms with E-state index in [2.05, 4.69) is 5.32 Å². The third-order valence-corrected chi connectivity index (χ3v) is 3.70. The molecule has 0 aliphatic carbocycles. The second kappa shape index (κ2) is 9.23. The van der Waals surface area contributed by atoms with Gasteiger partial charge in [-0.2, -0.15) is 0 Å². The number of urea groups is 1. The molecular weight excluding hydrogens is 352 g/mol. The number of nitrogens with one attached hydrogen (secondary N) is 1. The first-order valence-electron chi connectivity index (χ1n) is 7.99. The number of Topliss-reactive ketones (excluding diaryl/α,β-unsaturated/α-hetero) is 1. The van der Waals surface area contributed by atoms with E-state index in [-0.39, 0.29) is 12.1 Å². The highest BCUT2D eigenvalue weighted by Crippen LogP contribution is 2.25. The number of hydrogen-bond acceptors (Lipinski definition) is 6. The van der Waals surface area contributed by atoms with Crippen LogP contribution < -0.4 is 20.5 Å². The van der Waals surface area contributed by atoms with Gasteiger partial charge in [-0.3, -0.25) is 4.79 Å². The second-order valence-electron chi connectivity index (χ2n) is 5.48. The SMILES string of the molecule is COc1ccc(C(=O)COC(=O)c2ccc(CNC(N)=O)cc2)c(OC)c1. The summed E-state index contributed by atoms with van der Waals surface area (Å²) in [4.78, 5) is 35.1. The number of rotatable bonds is 8. The lowest BCUT2D eigenvalue weighted by Gasteiger charge is -2.10. The van der Waals surface area contributed by atoms with Crippen LogP contribution in [-0.4, -0.2) is 38.6 Å². The summed E-state index contributed by atoms with van der Waals surface area (Å²) in [6, 6.07) is 10.5. The number of amides is 2. The van der Waals surface area contributed by atoms with Gasteiger partial charge in [-0.1, -0.05) is 12.1 Å². The van der Waals surface area contributed by atoms with Crippen LogP contribution in [0.3, 0.4) is 0 Å². The van der Waals surface area contributed by atoms with Crippen LogP contribution in [-0.2, 0) is 11.3 Å². The average Bonchev–Trinajstić information content (AvgIpc) is 2.69. The Labute approximate surface area is 156 Å². The zero-order valence-corrected chi connectivity index (χ0v) is 15.0. The van der Waals surface area contributed by atoms with E-state index < -0.39 is 24.4 Å². The first-order valence-corrected chi connectivity index (χ1v) is 7.99. The second-order valence-corrected chi connectivity index (χ2v) is 5.48. The minimum Gasteiger partial charge on any atom is -0.497 e. The standard InChI is InChI=1S/C19H20N2O6/c1-25-14-7-8-15(17(9-14)26-2)16(22)11-27-18(23)13-5-3-12(4-6-13)10-21-19(20)24/h3-9H,10-11H2,1-2H3,(H3,20,21,24). The molecule has 0 saturated carbocycles. The Morgan fingerprint density at radius 1 is 1.00 bits per heavy atom. The quantitative estimate of drug-likeness (QED) is 0.540. The molecule has 142 valence electrons. The van der Waals surface area contributed by atoms with E-state index in [4.69, 9.17) is 19.9 Å². The van der Waals surface area contributed by atoms with E-state index in [9.17, 15) is 14.4 Å². The van der Waals surface area contributed by atoms with Gasteiger partial charge in [0.25, 0.3) is 0 Å². The number of hydrogen-bond donors (Lipinski definition) is 2. The van der Waals surface area contributed by atoms with E-state index in [0.29, 0.717) is 17.1 Å². The molecule has 0 heterocycles. The smallest absolute Gasteiger partial charge is 0.338 e. The van der Waals surface area contributed by atoms with Gasteiger partial charge in [-0.15, -0.1) is 0 Å². The number of carbonyl (C=O) groups is 3. The molecule has 0 spiro atoms. The maximum Gasteiger partial charge on any atom is 0.338 e. The van der Waals surface area contributed by atoms with Gasteiger partial charge in [-0.25, -0.2) is 9.59 Å². The fourth-order valence-corrected chi connectivity index (χ4v) is 2.27. The zero-order chi connectivity index (χ0) is 19.8. The number of ketones is 1. The largest absolute Gasteiger partial charge is 0.497 e. The molecule has 2 rings (SSSR count). The molecule has 0 saturated heterocycles. The van der Waals surface area contributed by atoms with E-state index in [0.717, 1.165) is 5.56 Å². The fraction of sp³-hybridized carbons (Fsp3) is 0.211. The van der Waals surface area contributed by atoms with Crippen LogP contribution in [0.1, 0.15) is 26.3 Å². The van der Waals surface area contributed by atoms with Gasteiger partial charge >= 0.3 is 12.0 Å². The molecule has 2 amide bonds. The molecule has 0 atom stereocenters. The highest BCUT2D eigenvalue weighted by Gasteiger charge is 2.16. The Morgan fingerprint density at radius 2 is 1.70 bits per heavy atom. The Kier molecular flexibility index (Phi) is 6.76. The maximum atomic E-state index is 12.3. The Balaban J connectivity index is 1.96. The average molecular weight is 372 g/mol. The molecule has 3 N–H and O–H groups in total. The summed E-state index contributed by atoms with van der Waals surface area (Å²) in [7, 11) is 2.94. The van der Waals surface area contributed by atoms with Gasteiger partial charge in [0.1, 0.15) is 11.5 Å². The van der Waals surface area contributed by atoms with E-state index in [1.807, 2.05) is 0 Å². The van der Waals surface area contributed by atoms with Crippen molar-refractivity contribution < 1.29 is 28.6 Å². The molecule has 0 bridgehead atoms. The van der Waals surface area contributed by atoms with Crippen LogP contribution in [0.25, 0.3) is 0 Å². The summed E-state index contributed by atoms with van der Waals surface area (Å²) in [5.74, 6) is -0.150. The summed E-state index contributed by atoms with van der Waals surface area (Å²) in [5, 5.41) is 2.44. The third-order valence-electron chi connectivity index (χ3n) is 3.70. The Morgan fingerprint density at radius 3 is 2.30 bits per heavy atom. The maximum absolute atomic E-state index is 12.3. The topological polar surface area (TPSA) is 117 Å². The molecule has 0 radical (unpaired) electrons. The number of nitrogens with two attached hydrogens (primary N) is 1. The predicted octanol–water partition coefficient (Wildman–Crippen LogP) is 1.91. The minimum absolute atomic E-state index is 0.250. The Bertz CT molecular complexity index is 833. The predicted molar refractivity (Wildman–Crippen MR) is 97.0 cm³/mol. The number of carbonyl (C=O) groups excluding carboxylic acids is 3. The molecule has 0 aliphatic heterocycles. The van der Waals surface area contributed by atoms with E-state index in [1.54, 1.807) is 42.5 Å². The van der Waals surface area contributed by atoms with Gasteiger partial charge in [0, 0.05) is 12.6 Å². The number of primary amides is 1. The Hall–Kier alpha value is -3.55. The summed E-state index contributed by atoms with van der Waals surface area (Å²) >= 11 is 0. The summed E-state index contributed by atoms with van der Waals surface area (Å²) in [6.45, 7) is -0.174. The fourth-order valence-electron chi connectivity index (χ4n) is 2.27. The molecule has 0 fully saturated rings. The van der Waals surface area contributed by atoms with Crippen molar-refractivity contribution in [1.82, 2.24) is 5.32 Å². The minimum atomic E-state index is -0.634. The molecule has 8 nitrogen and oxygen atoms in total. The van der Waals surface area contributed by atoms with Crippen molar-refractivity contribution in [3.05, 3.63) is 59.2 Å². The van der Waals surface area contributed by atoms with Gasteiger partial charge in [0.15, 0.2) is 6.61 Å². The molecule has 2 aromatic rings. The van der Waals surface area contributed by atoms with Crippen molar-refractivity contribution in [1.29, 1.82) is 0 Å². The van der Waals surface area contributed by atoms with Gasteiger partial charge in [-0.05, 0) is 29.8 Å². The molecule has 0 aromatic heterocycles. The molecule has 2 aromatic carbocycles. The van der Waals surface area contributed by atoms with Crippen molar-refractivity contribution in [3.8, 4) is 11.5 Å². The summed E-state index contributed by atoms with van der Waals surface area (Å²) in [6.07, 6.45) is 0. The van der Waals surface area contributed by atoms with Crippen LogP contribution in [0.2, 0.25) is 0 Å². The highest BCUT2D eigenvalue weighted by atomic mass is 16.5. The van der Waals surface area contributed by atoms with Crippen molar-refractivity contribution in [3.63, 3.8) is 0 Å². The lowest BCUT2D eigenvalue weighted by atomic mass is 10.1. The number of esters is 1. The van der Waals surface area contributed by atoms with Crippen LogP contribution in [0.4, 0.5) is 4.79 Å². The summed E-state index contributed by atoms with van der Waals surface area (Å²) < 4.78 is 15.3. The zero-order valence-electron chi connectivity index (χ0n) is 15.0. The summed E-state index contributed by atoms with van der Waals surface area (Å²) in [5.41, 5.74) is 6.34. The van der Waals surface area contributed by atoms with Crippen molar-refractivity contribution in [2.24, 2.45) is 5.73 Å². The van der Waals surface area contributed by atoms with E-state index in [1.165, 1.54) is 14.2 Å². The molecule has 0 aliphatic rings. The lowest BCUT2D eigenvalue weighted by molar-refractivity contribution is 0.0474. The first-order chi connectivity index (χ1) is 12.9. The van der Waals surface area contributed by atoms with Gasteiger partial charge < -0.3 is 25.3 Å². The number of ether oxygens (including phenoxy) is 3. The van der Waals surface area contributed by atoms with Crippen molar-refractivity contribution in [2.45, 2.75) is 6.54 Å². The van der Waals surface area contributed by atoms with E-state index >= 15 is 0 Å². The molecule has 27 heavy (non-hydrogen) atoms. The monoisotopic (exact) mass is 372 g/mol. The van der Waals surface area contributed by atoms with Gasteiger partial charge in [0.05, 0.1) is 25.3 Å². The van der Waals surface area contributed by atoms with Crippen LogP contribution in [0.5, 0.6) is 11.5 Å². The number of benzene rings is 2. The van der Waals surface area contributed by atoms with Crippen molar-refractivity contribution >= 4 is 17.8 Å². The van der Waals surface area contributed by atoms with Gasteiger partial charge in [0.2, 0.25) is 5.78 Å². The van der Waals surface area contributed by atoms with Crippen LogP contribution in [0.15, 0.2) is 42.5 Å². The molecular formula is C19H20N2O6. The molecule has 0 unspecified atom stereocenters. The van der Waals surface area contributed by atoms with Crippen LogP contribution in [0, 0.1) is 0 Å². The van der Waals surface area contributed by atoms with Crippen LogP contribution >= 0.6 is 0 Å². The number of methoxy groups -OCH3 is 2. The van der Waals surface area contributed by atoms with Crippen molar-refractivity contribution in [2.75, 3.05) is 20.8 Å².